The molecule has 2 saturated heterocycles. The first-order valence-corrected chi connectivity index (χ1v) is 8.92. The third-order valence-electron chi connectivity index (χ3n) is 4.57. The van der Waals surface area contributed by atoms with Gasteiger partial charge in [0.2, 0.25) is 11.8 Å². The zero-order chi connectivity index (χ0) is 17.6. The minimum absolute atomic E-state index is 0. The number of thioether (sulfide) groups is 1. The Morgan fingerprint density at radius 3 is 2.77 bits per heavy atom. The van der Waals surface area contributed by atoms with Gasteiger partial charge in [-0.15, -0.1) is 22.0 Å². The Kier molecular flexibility index (Phi) is 5.43. The van der Waals surface area contributed by atoms with Crippen LogP contribution in [0.15, 0.2) is 30.3 Å². The van der Waals surface area contributed by atoms with Crippen molar-refractivity contribution in [2.75, 3.05) is 0 Å². The second kappa shape index (κ2) is 7.30. The van der Waals surface area contributed by atoms with Crippen LogP contribution in [0.25, 0.3) is 0 Å². The van der Waals surface area contributed by atoms with E-state index in [2.05, 4.69) is 25.9 Å². The van der Waals surface area contributed by atoms with E-state index in [4.69, 9.17) is 0 Å². The van der Waals surface area contributed by atoms with E-state index in [1.807, 2.05) is 44.2 Å². The van der Waals surface area contributed by atoms with Gasteiger partial charge in [0.25, 0.3) is 0 Å². The Morgan fingerprint density at radius 1 is 1.38 bits per heavy atom. The number of aromatic nitrogens is 4. The van der Waals surface area contributed by atoms with Crippen LogP contribution in [0.4, 0.5) is 0 Å². The molecule has 0 radical (unpaired) electrons. The molecule has 0 saturated carbocycles. The van der Waals surface area contributed by atoms with Crippen molar-refractivity contribution in [3.63, 3.8) is 0 Å². The van der Waals surface area contributed by atoms with Crippen LogP contribution >= 0.6 is 11.8 Å². The normalized spacial score (nSPS) is 25.8. The number of hydrogen-bond donors (Lipinski definition) is 2. The molecule has 0 bridgehead atoms. The van der Waals surface area contributed by atoms with Crippen molar-refractivity contribution >= 4 is 23.6 Å². The molecule has 1 aromatic carbocycles. The van der Waals surface area contributed by atoms with E-state index >= 15 is 0 Å². The number of tetrazole rings is 1. The minimum atomic E-state index is -0.502. The monoisotopic (exact) mass is 382 g/mol. The fourth-order valence-corrected chi connectivity index (χ4v) is 5.09. The standard InChI is InChI=1S/C16H18N6O2S.Na.H/c1-16(2)12(13-18-20-21-19-13)22-14(24)11(15(22)25-16)17-10(23)8-9-6-4-3-5-7-9;;/h3-7,11-12,15H,8H2,1-2H3,(H,17,23)(H,18,19,20,21);;/q;+1;-1/t11?,12?,15-;;/m1../s1. The summed E-state index contributed by atoms with van der Waals surface area (Å²) in [5.41, 5.74) is 0.924. The van der Waals surface area contributed by atoms with Crippen LogP contribution < -0.4 is 34.9 Å². The first kappa shape index (κ1) is 19.3. The first-order chi connectivity index (χ1) is 12.0. The van der Waals surface area contributed by atoms with E-state index in [1.54, 1.807) is 16.7 Å². The predicted octanol–water partition coefficient (Wildman–Crippen LogP) is -2.22. The zero-order valence-corrected chi connectivity index (χ0v) is 17.7. The Labute approximate surface area is 178 Å². The van der Waals surface area contributed by atoms with Crippen molar-refractivity contribution in [1.29, 1.82) is 0 Å². The Balaban J connectivity index is 0.00000131. The van der Waals surface area contributed by atoms with Gasteiger partial charge in [-0.3, -0.25) is 9.59 Å². The number of rotatable bonds is 4. The largest absolute Gasteiger partial charge is 1.00 e. The topological polar surface area (TPSA) is 104 Å². The van der Waals surface area contributed by atoms with Crippen LogP contribution in [0, 0.1) is 0 Å². The van der Waals surface area contributed by atoms with Gasteiger partial charge in [-0.1, -0.05) is 35.5 Å². The van der Waals surface area contributed by atoms with Crippen LogP contribution in [-0.2, 0) is 16.0 Å². The number of β-lactam (4-membered cyclic amide) rings is 1. The van der Waals surface area contributed by atoms with E-state index in [0.29, 0.717) is 5.82 Å². The molecule has 2 N–H and O–H groups in total. The smallest absolute Gasteiger partial charge is 1.00 e. The number of nitrogens with one attached hydrogen (secondary N) is 2. The van der Waals surface area contributed by atoms with Gasteiger partial charge >= 0.3 is 29.6 Å². The Bertz CT molecular complexity index is 807. The summed E-state index contributed by atoms with van der Waals surface area (Å²) in [4.78, 5) is 26.7. The van der Waals surface area contributed by atoms with Crippen LogP contribution in [-0.4, -0.2) is 53.5 Å². The molecule has 0 aliphatic carbocycles. The maximum atomic E-state index is 12.6. The van der Waals surface area contributed by atoms with Crippen molar-refractivity contribution in [3.8, 4) is 0 Å². The second-order valence-corrected chi connectivity index (χ2v) is 8.51. The molecule has 2 unspecified atom stereocenters. The molecule has 26 heavy (non-hydrogen) atoms. The Hall–Kier alpha value is -1.42. The third-order valence-corrected chi connectivity index (χ3v) is 6.14. The summed E-state index contributed by atoms with van der Waals surface area (Å²) in [5.74, 6) is 0.257. The van der Waals surface area contributed by atoms with Gasteiger partial charge in [-0.05, 0) is 19.4 Å². The molecule has 2 aromatic rings. The molecule has 2 aliphatic heterocycles. The molecule has 10 heteroatoms. The summed E-state index contributed by atoms with van der Waals surface area (Å²) in [6.45, 7) is 4.10. The maximum Gasteiger partial charge on any atom is 1.00 e. The molecule has 1 aromatic heterocycles. The number of carbonyl (C=O) groups excluding carboxylic acids is 2. The van der Waals surface area contributed by atoms with Crippen LogP contribution in [0.1, 0.15) is 32.7 Å². The molecule has 4 rings (SSSR count). The molecule has 2 aliphatic rings. The third kappa shape index (κ3) is 3.28. The Morgan fingerprint density at radius 2 is 2.12 bits per heavy atom. The first-order valence-electron chi connectivity index (χ1n) is 8.04. The number of benzene rings is 1. The summed E-state index contributed by atoms with van der Waals surface area (Å²) in [5, 5.41) is 16.9. The molecule has 3 atom stereocenters. The number of H-pyrrole nitrogens is 1. The number of hydrogen-bond acceptors (Lipinski definition) is 6. The molecule has 132 valence electrons. The van der Waals surface area contributed by atoms with Gasteiger partial charge < -0.3 is 11.6 Å². The van der Waals surface area contributed by atoms with Crippen molar-refractivity contribution in [2.45, 2.75) is 42.5 Å². The van der Waals surface area contributed by atoms with Crippen molar-refractivity contribution < 1.29 is 40.6 Å². The molecule has 0 spiro atoms. The second-order valence-electron chi connectivity index (χ2n) is 6.74. The molecule has 2 amide bonds. The predicted molar refractivity (Wildman–Crippen MR) is 92.4 cm³/mol. The summed E-state index contributed by atoms with van der Waals surface area (Å²) in [7, 11) is 0. The van der Waals surface area contributed by atoms with Gasteiger partial charge in [0.1, 0.15) is 17.5 Å². The van der Waals surface area contributed by atoms with Gasteiger partial charge in [-0.2, -0.15) is 5.21 Å². The number of aromatic amines is 1. The van der Waals surface area contributed by atoms with E-state index in [-0.39, 0.29) is 65.4 Å². The SMILES string of the molecule is CC1(C)S[C@@H]2C(NC(=O)Cc3ccccc3)C(=O)N2C1c1nn[nH]n1.[H-].[Na+]. The van der Waals surface area contributed by atoms with Crippen LogP contribution in [0.3, 0.4) is 0 Å². The fraction of sp³-hybridized carbons (Fsp3) is 0.438. The van der Waals surface area contributed by atoms with Gasteiger partial charge in [0.15, 0.2) is 5.82 Å². The summed E-state index contributed by atoms with van der Waals surface area (Å²) >= 11 is 1.65. The van der Waals surface area contributed by atoms with E-state index in [1.165, 1.54) is 0 Å². The van der Waals surface area contributed by atoms with E-state index < -0.39 is 6.04 Å². The van der Waals surface area contributed by atoms with Gasteiger partial charge in [0.05, 0.1) is 6.42 Å². The summed E-state index contributed by atoms with van der Waals surface area (Å²) in [6, 6.07) is 8.73. The average Bonchev–Trinajstić information content (AvgIpc) is 3.18. The summed E-state index contributed by atoms with van der Waals surface area (Å²) < 4.78 is -0.261. The number of carbonyl (C=O) groups is 2. The van der Waals surface area contributed by atoms with Crippen molar-refractivity contribution in [3.05, 3.63) is 41.7 Å². The summed E-state index contributed by atoms with van der Waals surface area (Å²) in [6.07, 6.45) is 0.264. The van der Waals surface area contributed by atoms with Crippen LogP contribution in [0.2, 0.25) is 0 Å². The van der Waals surface area contributed by atoms with Crippen molar-refractivity contribution in [1.82, 2.24) is 30.8 Å². The fourth-order valence-electron chi connectivity index (χ4n) is 3.46. The molecule has 2 fully saturated rings. The van der Waals surface area contributed by atoms with E-state index in [0.717, 1.165) is 5.56 Å². The van der Waals surface area contributed by atoms with Gasteiger partial charge in [0, 0.05) is 4.75 Å². The molecule has 3 heterocycles. The number of fused-ring (bicyclic) bond motifs is 1. The minimum Gasteiger partial charge on any atom is -1.00 e. The average molecular weight is 382 g/mol. The maximum absolute atomic E-state index is 12.6. The molecular formula is C16H19N6NaO2S. The number of amides is 2. The number of nitrogens with zero attached hydrogens (tertiary/aromatic N) is 4. The van der Waals surface area contributed by atoms with Gasteiger partial charge in [-0.25, -0.2) is 0 Å². The quantitative estimate of drug-likeness (QED) is 0.459. The van der Waals surface area contributed by atoms with E-state index in [9.17, 15) is 9.59 Å². The molecular weight excluding hydrogens is 363 g/mol. The zero-order valence-electron chi connectivity index (χ0n) is 15.8. The van der Waals surface area contributed by atoms with Crippen LogP contribution in [0.5, 0.6) is 0 Å². The van der Waals surface area contributed by atoms with Crippen molar-refractivity contribution in [2.24, 2.45) is 0 Å². The molecule has 8 nitrogen and oxygen atoms in total.